The number of carbonyl (C=O) groups excluding carboxylic acids is 2. The zero-order chi connectivity index (χ0) is 14.4. The van der Waals surface area contributed by atoms with Gasteiger partial charge in [0.05, 0.1) is 6.42 Å². The molecule has 0 aromatic heterocycles. The molecule has 0 bridgehead atoms. The third kappa shape index (κ3) is 5.31. The number of urea groups is 1. The number of hydrazine groups is 1. The third-order valence-electron chi connectivity index (χ3n) is 2.21. The Morgan fingerprint density at radius 1 is 1.37 bits per heavy atom. The fourth-order valence-electron chi connectivity index (χ4n) is 1.31. The van der Waals surface area contributed by atoms with Crippen molar-refractivity contribution in [2.45, 2.75) is 13.3 Å². The summed E-state index contributed by atoms with van der Waals surface area (Å²) in [5.41, 5.74) is 11.2. The zero-order valence-electron chi connectivity index (χ0n) is 10.4. The van der Waals surface area contributed by atoms with Gasteiger partial charge in [0.2, 0.25) is 5.91 Å². The van der Waals surface area contributed by atoms with E-state index in [0.29, 0.717) is 16.4 Å². The van der Waals surface area contributed by atoms with Crippen molar-refractivity contribution < 1.29 is 9.59 Å². The lowest BCUT2D eigenvalue weighted by Crippen LogP contribution is -2.40. The predicted molar refractivity (Wildman–Crippen MR) is 74.4 cm³/mol. The second-order valence-electron chi connectivity index (χ2n) is 3.90. The van der Waals surface area contributed by atoms with E-state index in [1.165, 1.54) is 0 Å². The highest BCUT2D eigenvalue weighted by atomic mass is 35.5. The molecule has 0 aliphatic carbocycles. The van der Waals surface area contributed by atoms with Crippen molar-refractivity contribution in [2.75, 3.05) is 5.32 Å². The van der Waals surface area contributed by atoms with Crippen molar-refractivity contribution in [1.29, 1.82) is 0 Å². The monoisotopic (exact) mass is 282 g/mol. The van der Waals surface area contributed by atoms with Gasteiger partial charge in [-0.1, -0.05) is 24.2 Å². The number of amides is 3. The number of benzene rings is 1. The lowest BCUT2D eigenvalue weighted by atomic mass is 10.2. The molecule has 19 heavy (non-hydrogen) atoms. The number of halogens is 1. The normalized spacial score (nSPS) is 9.58. The maximum atomic E-state index is 11.7. The largest absolute Gasteiger partial charge is 0.350 e. The van der Waals surface area contributed by atoms with Crippen LogP contribution in [0.3, 0.4) is 0 Å². The molecule has 1 rings (SSSR count). The van der Waals surface area contributed by atoms with Crippen molar-refractivity contribution in [1.82, 2.24) is 10.9 Å². The summed E-state index contributed by atoms with van der Waals surface area (Å²) >= 11 is 5.85. The summed E-state index contributed by atoms with van der Waals surface area (Å²) in [6, 6.07) is 4.45. The standard InChI is InChI=1S/C12H15ClN4O2/c1-7-3-4-9(13)6-10(7)15-11(18)5-8(2)16-17-12(14)19/h3-4,6,16H,2,5H2,1H3,(H,15,18)(H3,14,17,19). The Kier molecular flexibility index (Phi) is 5.20. The molecule has 0 fully saturated rings. The molecule has 0 aliphatic heterocycles. The first kappa shape index (κ1) is 14.8. The van der Waals surface area contributed by atoms with Crippen molar-refractivity contribution in [3.05, 3.63) is 41.1 Å². The van der Waals surface area contributed by atoms with Gasteiger partial charge in [-0.25, -0.2) is 4.79 Å². The number of carbonyl (C=O) groups is 2. The molecule has 0 aliphatic rings. The Hall–Kier alpha value is -2.21. The molecule has 7 heteroatoms. The minimum absolute atomic E-state index is 0.00771. The zero-order valence-corrected chi connectivity index (χ0v) is 11.2. The van der Waals surface area contributed by atoms with E-state index in [4.69, 9.17) is 17.3 Å². The molecule has 102 valence electrons. The third-order valence-corrected chi connectivity index (χ3v) is 2.45. The van der Waals surface area contributed by atoms with Crippen molar-refractivity contribution >= 4 is 29.2 Å². The SMILES string of the molecule is C=C(CC(=O)Nc1cc(Cl)ccc1C)NNC(N)=O. The van der Waals surface area contributed by atoms with Gasteiger partial charge in [-0.2, -0.15) is 0 Å². The number of hydrogen-bond acceptors (Lipinski definition) is 3. The minimum Gasteiger partial charge on any atom is -0.350 e. The van der Waals surface area contributed by atoms with Crippen LogP contribution in [-0.2, 0) is 4.79 Å². The Balaban J connectivity index is 2.53. The molecule has 1 aromatic rings. The second-order valence-corrected chi connectivity index (χ2v) is 4.34. The van der Waals surface area contributed by atoms with Gasteiger partial charge in [-0.3, -0.25) is 10.2 Å². The second kappa shape index (κ2) is 6.65. The number of rotatable bonds is 5. The highest BCUT2D eigenvalue weighted by Crippen LogP contribution is 2.20. The summed E-state index contributed by atoms with van der Waals surface area (Å²) in [7, 11) is 0. The number of nitrogens with two attached hydrogens (primary N) is 1. The number of nitrogens with one attached hydrogen (secondary N) is 3. The number of hydrogen-bond donors (Lipinski definition) is 4. The van der Waals surface area contributed by atoms with Crippen LogP contribution >= 0.6 is 11.6 Å². The fraction of sp³-hybridized carbons (Fsp3) is 0.167. The molecule has 5 N–H and O–H groups in total. The number of aryl methyl sites for hydroxylation is 1. The molecule has 0 radical (unpaired) electrons. The van der Waals surface area contributed by atoms with E-state index in [1.54, 1.807) is 18.2 Å². The molecule has 6 nitrogen and oxygen atoms in total. The number of anilines is 1. The van der Waals surface area contributed by atoms with E-state index in [-0.39, 0.29) is 12.3 Å². The molecular formula is C12H15ClN4O2. The highest BCUT2D eigenvalue weighted by molar-refractivity contribution is 6.31. The Labute approximate surface area is 116 Å². The van der Waals surface area contributed by atoms with Crippen LogP contribution in [0.2, 0.25) is 5.02 Å². The van der Waals surface area contributed by atoms with Gasteiger partial charge in [-0.15, -0.1) is 0 Å². The highest BCUT2D eigenvalue weighted by Gasteiger charge is 2.07. The molecular weight excluding hydrogens is 268 g/mol. The van der Waals surface area contributed by atoms with Gasteiger partial charge in [0.25, 0.3) is 0 Å². The van der Waals surface area contributed by atoms with Gasteiger partial charge in [0.1, 0.15) is 0 Å². The van der Waals surface area contributed by atoms with Crippen LogP contribution < -0.4 is 21.9 Å². The smallest absolute Gasteiger partial charge is 0.330 e. The minimum atomic E-state index is -0.757. The average Bonchev–Trinajstić information content (AvgIpc) is 2.31. The molecule has 0 saturated heterocycles. The molecule has 3 amide bonds. The first-order chi connectivity index (χ1) is 8.88. The van der Waals surface area contributed by atoms with Crippen LogP contribution in [0.25, 0.3) is 0 Å². The topological polar surface area (TPSA) is 96.2 Å². The Bertz CT molecular complexity index is 516. The molecule has 0 atom stereocenters. The van der Waals surface area contributed by atoms with Gasteiger partial charge in [-0.05, 0) is 24.6 Å². The maximum Gasteiger partial charge on any atom is 0.330 e. The van der Waals surface area contributed by atoms with Gasteiger partial charge >= 0.3 is 6.03 Å². The van der Waals surface area contributed by atoms with Crippen molar-refractivity contribution in [3.63, 3.8) is 0 Å². The quantitative estimate of drug-likeness (QED) is 0.619. The lowest BCUT2D eigenvalue weighted by Gasteiger charge is -2.11. The average molecular weight is 283 g/mol. The summed E-state index contributed by atoms with van der Waals surface area (Å²) in [6.07, 6.45) is -0.00771. The molecule has 0 saturated carbocycles. The summed E-state index contributed by atoms with van der Waals surface area (Å²) in [5, 5.41) is 3.24. The van der Waals surface area contributed by atoms with Gasteiger partial charge < -0.3 is 16.5 Å². The summed E-state index contributed by atoms with van der Waals surface area (Å²) < 4.78 is 0. The van der Waals surface area contributed by atoms with Crippen LogP contribution in [-0.4, -0.2) is 11.9 Å². The first-order valence-corrected chi connectivity index (χ1v) is 5.81. The molecule has 1 aromatic carbocycles. The molecule has 0 heterocycles. The summed E-state index contributed by atoms with van der Waals surface area (Å²) in [4.78, 5) is 22.2. The van der Waals surface area contributed by atoms with E-state index in [0.717, 1.165) is 5.56 Å². The van der Waals surface area contributed by atoms with Gasteiger partial charge in [0.15, 0.2) is 0 Å². The summed E-state index contributed by atoms with van der Waals surface area (Å²) in [5.74, 6) is -0.283. The molecule has 0 unspecified atom stereocenters. The van der Waals surface area contributed by atoms with Crippen LogP contribution in [0, 0.1) is 6.92 Å². The van der Waals surface area contributed by atoms with Crippen LogP contribution in [0.4, 0.5) is 10.5 Å². The van der Waals surface area contributed by atoms with Gasteiger partial charge in [0, 0.05) is 16.4 Å². The van der Waals surface area contributed by atoms with E-state index in [2.05, 4.69) is 22.7 Å². The van der Waals surface area contributed by atoms with E-state index in [1.807, 2.05) is 6.92 Å². The fourth-order valence-corrected chi connectivity index (χ4v) is 1.48. The van der Waals surface area contributed by atoms with E-state index >= 15 is 0 Å². The van der Waals surface area contributed by atoms with Crippen molar-refractivity contribution in [2.24, 2.45) is 5.73 Å². The Morgan fingerprint density at radius 3 is 2.68 bits per heavy atom. The first-order valence-electron chi connectivity index (χ1n) is 5.43. The predicted octanol–water partition coefficient (Wildman–Crippen LogP) is 1.66. The summed E-state index contributed by atoms with van der Waals surface area (Å²) in [6.45, 7) is 5.43. The van der Waals surface area contributed by atoms with Crippen LogP contribution in [0.5, 0.6) is 0 Å². The number of primary amides is 1. The van der Waals surface area contributed by atoms with Crippen LogP contribution in [0.1, 0.15) is 12.0 Å². The van der Waals surface area contributed by atoms with Crippen LogP contribution in [0.15, 0.2) is 30.5 Å². The van der Waals surface area contributed by atoms with E-state index in [9.17, 15) is 9.59 Å². The Morgan fingerprint density at radius 2 is 2.05 bits per heavy atom. The maximum absolute atomic E-state index is 11.7. The lowest BCUT2D eigenvalue weighted by molar-refractivity contribution is -0.115. The molecule has 0 spiro atoms. The van der Waals surface area contributed by atoms with Crippen molar-refractivity contribution in [3.8, 4) is 0 Å². The van der Waals surface area contributed by atoms with E-state index < -0.39 is 6.03 Å².